The van der Waals surface area contributed by atoms with Crippen LogP contribution < -0.4 is 10.6 Å². The van der Waals surface area contributed by atoms with Crippen LogP contribution in [0.1, 0.15) is 31.9 Å². The Labute approximate surface area is 112 Å². The fraction of sp³-hybridized carbons (Fsp3) is 0.538. The van der Waals surface area contributed by atoms with Gasteiger partial charge in [-0.15, -0.1) is 0 Å². The SMILES string of the molecule is CC(O)CCN(C)c1ccc([C@H](C)N)cc1Br. The van der Waals surface area contributed by atoms with E-state index >= 15 is 0 Å². The van der Waals surface area contributed by atoms with E-state index in [9.17, 15) is 5.11 Å². The monoisotopic (exact) mass is 300 g/mol. The smallest absolute Gasteiger partial charge is 0.0528 e. The van der Waals surface area contributed by atoms with Gasteiger partial charge < -0.3 is 15.7 Å². The number of aliphatic hydroxyl groups excluding tert-OH is 1. The van der Waals surface area contributed by atoms with Crippen LogP contribution in [0.2, 0.25) is 0 Å². The van der Waals surface area contributed by atoms with Crippen molar-refractivity contribution >= 4 is 21.6 Å². The van der Waals surface area contributed by atoms with E-state index < -0.39 is 0 Å². The molecule has 4 heteroatoms. The van der Waals surface area contributed by atoms with Crippen molar-refractivity contribution in [1.82, 2.24) is 0 Å². The van der Waals surface area contributed by atoms with Crippen LogP contribution in [0.4, 0.5) is 5.69 Å². The van der Waals surface area contributed by atoms with Gasteiger partial charge in [-0.05, 0) is 53.9 Å². The lowest BCUT2D eigenvalue weighted by atomic mass is 10.1. The molecule has 17 heavy (non-hydrogen) atoms. The van der Waals surface area contributed by atoms with Crippen molar-refractivity contribution in [3.8, 4) is 0 Å². The van der Waals surface area contributed by atoms with Gasteiger partial charge in [0.05, 0.1) is 11.8 Å². The lowest BCUT2D eigenvalue weighted by Gasteiger charge is -2.22. The zero-order valence-corrected chi connectivity index (χ0v) is 12.2. The summed E-state index contributed by atoms with van der Waals surface area (Å²) in [5.74, 6) is 0. The number of nitrogens with two attached hydrogens (primary N) is 1. The molecule has 3 N–H and O–H groups in total. The third-order valence-electron chi connectivity index (χ3n) is 2.79. The topological polar surface area (TPSA) is 49.5 Å². The molecule has 0 amide bonds. The molecule has 0 heterocycles. The van der Waals surface area contributed by atoms with Gasteiger partial charge in [0, 0.05) is 24.1 Å². The molecule has 1 rings (SSSR count). The average molecular weight is 301 g/mol. The molecule has 1 aromatic rings. The Hall–Kier alpha value is -0.580. The molecule has 0 bridgehead atoms. The minimum atomic E-state index is -0.264. The van der Waals surface area contributed by atoms with Gasteiger partial charge in [-0.1, -0.05) is 6.07 Å². The van der Waals surface area contributed by atoms with Gasteiger partial charge in [0.2, 0.25) is 0 Å². The molecule has 0 aromatic heterocycles. The third-order valence-corrected chi connectivity index (χ3v) is 3.43. The zero-order valence-electron chi connectivity index (χ0n) is 10.7. The number of nitrogens with zero attached hydrogens (tertiary/aromatic N) is 1. The Kier molecular flexibility index (Phi) is 5.43. The Morgan fingerprint density at radius 2 is 2.06 bits per heavy atom. The van der Waals surface area contributed by atoms with Crippen LogP contribution in [-0.4, -0.2) is 24.8 Å². The molecular formula is C13H21BrN2O. The van der Waals surface area contributed by atoms with Crippen molar-refractivity contribution in [2.45, 2.75) is 32.4 Å². The van der Waals surface area contributed by atoms with Crippen LogP contribution in [0.3, 0.4) is 0 Å². The Morgan fingerprint density at radius 3 is 2.53 bits per heavy atom. The third kappa shape index (κ3) is 4.30. The van der Waals surface area contributed by atoms with Crippen LogP contribution in [0, 0.1) is 0 Å². The van der Waals surface area contributed by atoms with Crippen LogP contribution >= 0.6 is 15.9 Å². The molecule has 1 aromatic carbocycles. The number of hydrogen-bond acceptors (Lipinski definition) is 3. The number of halogens is 1. The van der Waals surface area contributed by atoms with Gasteiger partial charge in [-0.25, -0.2) is 0 Å². The van der Waals surface area contributed by atoms with Gasteiger partial charge in [-0.2, -0.15) is 0 Å². The molecule has 0 spiro atoms. The van der Waals surface area contributed by atoms with Gasteiger partial charge in [0.15, 0.2) is 0 Å². The summed E-state index contributed by atoms with van der Waals surface area (Å²) in [5.41, 5.74) is 8.08. The van der Waals surface area contributed by atoms with Crippen LogP contribution in [0.25, 0.3) is 0 Å². The first-order valence-corrected chi connectivity index (χ1v) is 6.65. The van der Waals surface area contributed by atoms with E-state index in [2.05, 4.69) is 33.0 Å². The van der Waals surface area contributed by atoms with Crippen molar-refractivity contribution in [2.75, 3.05) is 18.5 Å². The second kappa shape index (κ2) is 6.38. The first-order valence-electron chi connectivity index (χ1n) is 5.86. The molecule has 0 aliphatic carbocycles. The fourth-order valence-corrected chi connectivity index (χ4v) is 2.32. The van der Waals surface area contributed by atoms with Crippen molar-refractivity contribution in [3.05, 3.63) is 28.2 Å². The van der Waals surface area contributed by atoms with E-state index in [4.69, 9.17) is 5.73 Å². The summed E-state index contributed by atoms with van der Waals surface area (Å²) in [6, 6.07) is 6.20. The summed E-state index contributed by atoms with van der Waals surface area (Å²) in [7, 11) is 2.02. The van der Waals surface area contributed by atoms with E-state index in [0.717, 1.165) is 28.7 Å². The maximum atomic E-state index is 9.28. The van der Waals surface area contributed by atoms with E-state index in [1.165, 1.54) is 0 Å². The highest BCUT2D eigenvalue weighted by molar-refractivity contribution is 9.10. The van der Waals surface area contributed by atoms with Crippen molar-refractivity contribution in [2.24, 2.45) is 5.73 Å². The molecule has 0 aliphatic rings. The van der Waals surface area contributed by atoms with Crippen LogP contribution in [-0.2, 0) is 0 Å². The summed E-state index contributed by atoms with van der Waals surface area (Å²) < 4.78 is 1.04. The average Bonchev–Trinajstić information content (AvgIpc) is 2.25. The van der Waals surface area contributed by atoms with Crippen LogP contribution in [0.5, 0.6) is 0 Å². The standard InChI is InChI=1S/C13H21BrN2O/c1-9(17)6-7-16(3)13-5-4-11(10(2)15)8-12(13)14/h4-5,8-10,17H,6-7,15H2,1-3H3/t9?,10-/m0/s1. The zero-order chi connectivity index (χ0) is 13.0. The van der Waals surface area contributed by atoms with E-state index in [0.29, 0.717) is 0 Å². The van der Waals surface area contributed by atoms with Gasteiger partial charge in [0.1, 0.15) is 0 Å². The summed E-state index contributed by atoms with van der Waals surface area (Å²) in [6.45, 7) is 4.61. The Bertz CT molecular complexity index is 366. The molecule has 0 saturated carbocycles. The lowest BCUT2D eigenvalue weighted by molar-refractivity contribution is 0.187. The van der Waals surface area contributed by atoms with Crippen molar-refractivity contribution in [3.63, 3.8) is 0 Å². The van der Waals surface area contributed by atoms with Gasteiger partial charge in [-0.3, -0.25) is 0 Å². The van der Waals surface area contributed by atoms with Crippen LogP contribution in [0.15, 0.2) is 22.7 Å². The minimum absolute atomic E-state index is 0.0446. The molecule has 0 saturated heterocycles. The first kappa shape index (κ1) is 14.5. The molecular weight excluding hydrogens is 280 g/mol. The number of rotatable bonds is 5. The second-order valence-corrected chi connectivity index (χ2v) is 5.41. The maximum absolute atomic E-state index is 9.28. The predicted molar refractivity (Wildman–Crippen MR) is 76.3 cm³/mol. The maximum Gasteiger partial charge on any atom is 0.0528 e. The van der Waals surface area contributed by atoms with E-state index in [1.54, 1.807) is 0 Å². The molecule has 0 aliphatic heterocycles. The normalized spacial score (nSPS) is 14.5. The molecule has 0 fully saturated rings. The molecule has 1 unspecified atom stereocenters. The number of anilines is 1. The van der Waals surface area contributed by atoms with Gasteiger partial charge >= 0.3 is 0 Å². The highest BCUT2D eigenvalue weighted by Crippen LogP contribution is 2.28. The van der Waals surface area contributed by atoms with E-state index in [-0.39, 0.29) is 12.1 Å². The highest BCUT2D eigenvalue weighted by Gasteiger charge is 2.09. The summed E-state index contributed by atoms with van der Waals surface area (Å²) in [4.78, 5) is 2.13. The summed E-state index contributed by atoms with van der Waals surface area (Å²) in [5, 5.41) is 9.28. The Balaban J connectivity index is 2.77. The highest BCUT2D eigenvalue weighted by atomic mass is 79.9. The summed E-state index contributed by atoms with van der Waals surface area (Å²) >= 11 is 3.56. The molecule has 96 valence electrons. The quantitative estimate of drug-likeness (QED) is 0.879. The predicted octanol–water partition coefficient (Wildman–Crippen LogP) is 2.68. The van der Waals surface area contributed by atoms with Crippen molar-refractivity contribution < 1.29 is 5.11 Å². The molecule has 0 radical (unpaired) electrons. The van der Waals surface area contributed by atoms with Gasteiger partial charge in [0.25, 0.3) is 0 Å². The molecule has 3 nitrogen and oxygen atoms in total. The minimum Gasteiger partial charge on any atom is -0.393 e. The second-order valence-electron chi connectivity index (χ2n) is 4.56. The summed E-state index contributed by atoms with van der Waals surface area (Å²) in [6.07, 6.45) is 0.498. The van der Waals surface area contributed by atoms with E-state index in [1.807, 2.05) is 27.0 Å². The largest absolute Gasteiger partial charge is 0.393 e. The molecule has 2 atom stereocenters. The van der Waals surface area contributed by atoms with Crippen molar-refractivity contribution in [1.29, 1.82) is 0 Å². The lowest BCUT2D eigenvalue weighted by Crippen LogP contribution is -2.22. The number of aliphatic hydroxyl groups is 1. The number of hydrogen-bond donors (Lipinski definition) is 2. The Morgan fingerprint density at radius 1 is 1.41 bits per heavy atom. The first-order chi connectivity index (χ1) is 7.91. The number of benzene rings is 1. The fourth-order valence-electron chi connectivity index (χ4n) is 1.62.